The highest BCUT2D eigenvalue weighted by atomic mass is 16.3. The Hall–Kier alpha value is -1.09. The van der Waals surface area contributed by atoms with Gasteiger partial charge in [-0.2, -0.15) is 4.91 Å². The molecule has 0 spiro atoms. The summed E-state index contributed by atoms with van der Waals surface area (Å²) in [6, 6.07) is -0.346. The van der Waals surface area contributed by atoms with E-state index in [2.05, 4.69) is 15.2 Å². The van der Waals surface area contributed by atoms with Gasteiger partial charge in [0.2, 0.25) is 0 Å². The second-order valence-electron chi connectivity index (χ2n) is 1.58. The van der Waals surface area contributed by atoms with Crippen LogP contribution in [0.2, 0.25) is 0 Å². The molecule has 0 heterocycles. The maximum absolute atomic E-state index is 9.81. The van der Waals surface area contributed by atoms with Crippen LogP contribution in [0.3, 0.4) is 0 Å². The van der Waals surface area contributed by atoms with E-state index in [0.29, 0.717) is 6.42 Å². The average molecular weight is 128 g/mol. The third kappa shape index (κ3) is 3.49. The second kappa shape index (κ2) is 5.05. The molecule has 1 unspecified atom stereocenters. The van der Waals surface area contributed by atoms with E-state index in [1.807, 2.05) is 6.92 Å². The molecule has 1 atom stereocenters. The Morgan fingerprint density at radius 1 is 1.78 bits per heavy atom. The average Bonchev–Trinajstić information content (AvgIpc) is 1.91. The van der Waals surface area contributed by atoms with Crippen LogP contribution in [-0.2, 0) is 0 Å². The third-order valence-electron chi connectivity index (χ3n) is 0.976. The zero-order chi connectivity index (χ0) is 7.11. The van der Waals surface area contributed by atoms with E-state index in [4.69, 9.17) is 5.53 Å². The van der Waals surface area contributed by atoms with E-state index in [0.717, 1.165) is 0 Å². The molecule has 0 amide bonds. The molecule has 5 heteroatoms. The summed E-state index contributed by atoms with van der Waals surface area (Å²) in [6.45, 7) is 2.00. The van der Waals surface area contributed by atoms with E-state index < -0.39 is 0 Å². The predicted molar refractivity (Wildman–Crippen MR) is 33.9 cm³/mol. The van der Waals surface area contributed by atoms with Crippen molar-refractivity contribution in [1.29, 1.82) is 0 Å². The molecule has 0 aliphatic carbocycles. The van der Waals surface area contributed by atoms with Crippen LogP contribution < -0.4 is 0 Å². The lowest BCUT2D eigenvalue weighted by molar-refractivity contribution is 0.655. The molecule has 0 aromatic heterocycles. The largest absolute Gasteiger partial charge is 0.151 e. The third-order valence-corrected chi connectivity index (χ3v) is 0.976. The first kappa shape index (κ1) is 7.91. The fourth-order valence-corrected chi connectivity index (χ4v) is 0.368. The van der Waals surface area contributed by atoms with Gasteiger partial charge in [0.1, 0.15) is 0 Å². The van der Waals surface area contributed by atoms with Gasteiger partial charge in [-0.15, -0.1) is 0 Å². The van der Waals surface area contributed by atoms with Crippen LogP contribution in [0.5, 0.6) is 0 Å². The normalized spacial score (nSPS) is 11.7. The molecule has 0 aromatic carbocycles. The van der Waals surface area contributed by atoms with Gasteiger partial charge in [0.25, 0.3) is 0 Å². The van der Waals surface area contributed by atoms with Gasteiger partial charge in [-0.25, -0.2) is 0 Å². The maximum Gasteiger partial charge on any atom is 0.0973 e. The fraction of sp³-hybridized carbons (Fsp3) is 1.00. The van der Waals surface area contributed by atoms with Gasteiger partial charge in [0.15, 0.2) is 0 Å². The van der Waals surface area contributed by atoms with Gasteiger partial charge >= 0.3 is 0 Å². The van der Waals surface area contributed by atoms with Crippen LogP contribution in [0.15, 0.2) is 10.3 Å². The highest BCUT2D eigenvalue weighted by molar-refractivity contribution is 4.65. The maximum atomic E-state index is 9.81. The molecular weight excluding hydrogens is 120 g/mol. The molecule has 0 aromatic rings. The molecular formula is C4H8N4O. The van der Waals surface area contributed by atoms with Crippen LogP contribution in [0.1, 0.15) is 13.3 Å². The lowest BCUT2D eigenvalue weighted by Gasteiger charge is -1.96. The number of azide groups is 1. The van der Waals surface area contributed by atoms with E-state index in [1.165, 1.54) is 0 Å². The summed E-state index contributed by atoms with van der Waals surface area (Å²) < 4.78 is 0. The van der Waals surface area contributed by atoms with Gasteiger partial charge in [-0.05, 0) is 12.0 Å². The summed E-state index contributed by atoms with van der Waals surface area (Å²) in [5.74, 6) is 0. The topological polar surface area (TPSA) is 78.2 Å². The van der Waals surface area contributed by atoms with E-state index in [-0.39, 0.29) is 12.6 Å². The Labute approximate surface area is 52.7 Å². The highest BCUT2D eigenvalue weighted by Crippen LogP contribution is 1.95. The molecule has 0 aliphatic rings. The minimum Gasteiger partial charge on any atom is -0.151 e. The Bertz CT molecular complexity index is 129. The van der Waals surface area contributed by atoms with Gasteiger partial charge in [0.05, 0.1) is 12.6 Å². The van der Waals surface area contributed by atoms with Crippen molar-refractivity contribution in [3.05, 3.63) is 15.3 Å². The summed E-state index contributed by atoms with van der Waals surface area (Å²) in [6.07, 6.45) is 0.628. The molecule has 0 rings (SSSR count). The molecule has 0 N–H and O–H groups in total. The molecule has 0 saturated carbocycles. The van der Waals surface area contributed by atoms with Crippen LogP contribution in [0.25, 0.3) is 10.4 Å². The van der Waals surface area contributed by atoms with Crippen molar-refractivity contribution in [3.8, 4) is 0 Å². The molecule has 0 aliphatic heterocycles. The molecule has 0 saturated heterocycles. The Morgan fingerprint density at radius 3 is 2.78 bits per heavy atom. The van der Waals surface area contributed by atoms with Crippen LogP contribution in [0.4, 0.5) is 0 Å². The molecule has 0 radical (unpaired) electrons. The first-order chi connectivity index (χ1) is 4.35. The van der Waals surface area contributed by atoms with Crippen molar-refractivity contribution < 1.29 is 0 Å². The molecule has 9 heavy (non-hydrogen) atoms. The Morgan fingerprint density at radius 2 is 2.44 bits per heavy atom. The Balaban J connectivity index is 3.54. The number of nitroso groups, excluding NO2 is 1. The van der Waals surface area contributed by atoms with Crippen molar-refractivity contribution in [2.24, 2.45) is 10.3 Å². The van der Waals surface area contributed by atoms with Crippen LogP contribution in [0, 0.1) is 4.91 Å². The SMILES string of the molecule is CCC(CN=[N+]=[N-])N=O. The first-order valence-corrected chi connectivity index (χ1v) is 2.68. The van der Waals surface area contributed by atoms with E-state index in [1.54, 1.807) is 0 Å². The minimum absolute atomic E-state index is 0.177. The second-order valence-corrected chi connectivity index (χ2v) is 1.58. The molecule has 0 bridgehead atoms. The fourth-order valence-electron chi connectivity index (χ4n) is 0.368. The van der Waals surface area contributed by atoms with E-state index in [9.17, 15) is 4.91 Å². The van der Waals surface area contributed by atoms with Crippen LogP contribution in [-0.4, -0.2) is 12.6 Å². The predicted octanol–water partition coefficient (Wildman–Crippen LogP) is 1.84. The minimum atomic E-state index is -0.346. The zero-order valence-corrected chi connectivity index (χ0v) is 5.19. The van der Waals surface area contributed by atoms with E-state index >= 15 is 0 Å². The van der Waals surface area contributed by atoms with Crippen molar-refractivity contribution in [2.75, 3.05) is 6.54 Å². The van der Waals surface area contributed by atoms with Gasteiger partial charge in [-0.1, -0.05) is 17.2 Å². The summed E-state index contributed by atoms with van der Waals surface area (Å²) in [5.41, 5.74) is 7.82. The number of hydrogen-bond acceptors (Lipinski definition) is 3. The van der Waals surface area contributed by atoms with Gasteiger partial charge < -0.3 is 0 Å². The smallest absolute Gasteiger partial charge is 0.0973 e. The first-order valence-electron chi connectivity index (χ1n) is 2.68. The van der Waals surface area contributed by atoms with Gasteiger partial charge in [0, 0.05) is 4.91 Å². The standard InChI is InChI=1S/C4H8N4O/c1-2-4(7-9)3-6-8-5/h4H,2-3H2,1H3. The van der Waals surface area contributed by atoms with Crippen molar-refractivity contribution in [2.45, 2.75) is 19.4 Å². The molecule has 5 nitrogen and oxygen atoms in total. The van der Waals surface area contributed by atoms with Gasteiger partial charge in [-0.3, -0.25) is 0 Å². The monoisotopic (exact) mass is 128 g/mol. The quantitative estimate of drug-likeness (QED) is 0.246. The van der Waals surface area contributed by atoms with Crippen molar-refractivity contribution in [3.63, 3.8) is 0 Å². The lowest BCUT2D eigenvalue weighted by atomic mass is 10.2. The summed E-state index contributed by atoms with van der Waals surface area (Å²) in [5, 5.41) is 5.93. The van der Waals surface area contributed by atoms with Crippen LogP contribution >= 0.6 is 0 Å². The molecule has 50 valence electrons. The lowest BCUT2D eigenvalue weighted by Crippen LogP contribution is -2.04. The number of nitrogens with zero attached hydrogens (tertiary/aromatic N) is 4. The zero-order valence-electron chi connectivity index (χ0n) is 5.19. The Kier molecular flexibility index (Phi) is 4.44. The van der Waals surface area contributed by atoms with Crippen molar-refractivity contribution >= 4 is 0 Å². The molecule has 0 fully saturated rings. The number of hydrogen-bond donors (Lipinski definition) is 0. The summed E-state index contributed by atoms with van der Waals surface area (Å²) in [7, 11) is 0. The van der Waals surface area contributed by atoms with Crippen molar-refractivity contribution in [1.82, 2.24) is 0 Å². The highest BCUT2D eigenvalue weighted by Gasteiger charge is 2.01. The number of rotatable bonds is 4. The summed E-state index contributed by atoms with van der Waals surface area (Å²) in [4.78, 5) is 12.3. The summed E-state index contributed by atoms with van der Waals surface area (Å²) >= 11 is 0.